The molecule has 0 aliphatic heterocycles. The predicted molar refractivity (Wildman–Crippen MR) is 70.3 cm³/mol. The Kier molecular flexibility index (Phi) is 5.27. The summed E-state index contributed by atoms with van der Waals surface area (Å²) in [5, 5.41) is 5.79. The van der Waals surface area contributed by atoms with E-state index in [2.05, 4.69) is 34.4 Å². The lowest BCUT2D eigenvalue weighted by Crippen LogP contribution is -2.25. The first-order valence-corrected chi connectivity index (χ1v) is 5.91. The average Bonchev–Trinajstić information content (AvgIpc) is 2.35. The van der Waals surface area contributed by atoms with Crippen LogP contribution in [0.3, 0.4) is 0 Å². The molecule has 0 saturated carbocycles. The Labute approximate surface area is 107 Å². The predicted octanol–water partition coefficient (Wildman–Crippen LogP) is 2.13. The van der Waals surface area contributed by atoms with Crippen molar-refractivity contribution >= 4 is 11.8 Å². The molecule has 0 fully saturated rings. The van der Waals surface area contributed by atoms with Crippen LogP contribution in [0.25, 0.3) is 0 Å². The fraction of sp³-hybridized carbons (Fsp3) is 0.667. The molecule has 0 spiro atoms. The van der Waals surface area contributed by atoms with E-state index in [1.54, 1.807) is 14.2 Å². The van der Waals surface area contributed by atoms with Gasteiger partial charge in [0.25, 0.3) is 0 Å². The van der Waals surface area contributed by atoms with Gasteiger partial charge in [-0.2, -0.15) is 4.98 Å². The molecule has 1 heterocycles. The standard InChI is InChI=1S/C12H21FN4O/c1-12(2,5-6-18-4)8-16-10-9(13)7-15-11(14-3)17-10/h7H,5-6,8H2,1-4H3,(H2,14,15,16,17). The third-order valence-electron chi connectivity index (χ3n) is 2.69. The van der Waals surface area contributed by atoms with Crippen molar-refractivity contribution in [3.63, 3.8) is 0 Å². The van der Waals surface area contributed by atoms with E-state index in [0.29, 0.717) is 19.1 Å². The van der Waals surface area contributed by atoms with Gasteiger partial charge in [-0.25, -0.2) is 9.37 Å². The van der Waals surface area contributed by atoms with E-state index in [1.807, 2.05) is 0 Å². The fourth-order valence-corrected chi connectivity index (χ4v) is 1.40. The molecule has 0 saturated heterocycles. The van der Waals surface area contributed by atoms with Crippen LogP contribution in [0.2, 0.25) is 0 Å². The Morgan fingerprint density at radius 1 is 1.44 bits per heavy atom. The zero-order valence-corrected chi connectivity index (χ0v) is 11.4. The lowest BCUT2D eigenvalue weighted by molar-refractivity contribution is 0.157. The van der Waals surface area contributed by atoms with Gasteiger partial charge in [-0.1, -0.05) is 13.8 Å². The summed E-state index contributed by atoms with van der Waals surface area (Å²) in [5.41, 5.74) is 0.00715. The van der Waals surface area contributed by atoms with Crippen LogP contribution in [-0.4, -0.2) is 37.3 Å². The molecule has 18 heavy (non-hydrogen) atoms. The molecule has 1 rings (SSSR count). The van der Waals surface area contributed by atoms with Crippen LogP contribution >= 0.6 is 0 Å². The third kappa shape index (κ3) is 4.44. The molecule has 0 unspecified atom stereocenters. The van der Waals surface area contributed by atoms with E-state index in [-0.39, 0.29) is 11.2 Å². The summed E-state index contributed by atoms with van der Waals surface area (Å²) in [6.07, 6.45) is 2.05. The third-order valence-corrected chi connectivity index (χ3v) is 2.69. The second-order valence-corrected chi connectivity index (χ2v) is 4.90. The molecule has 102 valence electrons. The zero-order chi connectivity index (χ0) is 13.6. The fourth-order valence-electron chi connectivity index (χ4n) is 1.40. The van der Waals surface area contributed by atoms with Crippen LogP contribution in [0.4, 0.5) is 16.2 Å². The van der Waals surface area contributed by atoms with E-state index in [9.17, 15) is 4.39 Å². The average molecular weight is 256 g/mol. The summed E-state index contributed by atoms with van der Waals surface area (Å²) in [6.45, 7) is 5.49. The monoisotopic (exact) mass is 256 g/mol. The number of hydrogen-bond donors (Lipinski definition) is 2. The van der Waals surface area contributed by atoms with Crippen molar-refractivity contribution in [3.8, 4) is 0 Å². The highest BCUT2D eigenvalue weighted by Crippen LogP contribution is 2.21. The molecule has 5 nitrogen and oxygen atoms in total. The van der Waals surface area contributed by atoms with Crippen LogP contribution < -0.4 is 10.6 Å². The van der Waals surface area contributed by atoms with Gasteiger partial charge < -0.3 is 15.4 Å². The maximum absolute atomic E-state index is 13.5. The SMILES string of the molecule is CNc1ncc(F)c(NCC(C)(C)CCOC)n1. The Morgan fingerprint density at radius 3 is 2.78 bits per heavy atom. The number of aromatic nitrogens is 2. The highest BCUT2D eigenvalue weighted by atomic mass is 19.1. The molecule has 0 amide bonds. The largest absolute Gasteiger partial charge is 0.385 e. The number of nitrogens with one attached hydrogen (secondary N) is 2. The van der Waals surface area contributed by atoms with E-state index in [4.69, 9.17) is 4.74 Å². The summed E-state index contributed by atoms with van der Waals surface area (Å²) >= 11 is 0. The van der Waals surface area contributed by atoms with Gasteiger partial charge >= 0.3 is 0 Å². The normalized spacial score (nSPS) is 11.4. The summed E-state index contributed by atoms with van der Waals surface area (Å²) in [7, 11) is 3.37. The highest BCUT2D eigenvalue weighted by Gasteiger charge is 2.18. The zero-order valence-electron chi connectivity index (χ0n) is 11.4. The van der Waals surface area contributed by atoms with Crippen molar-refractivity contribution in [2.75, 3.05) is 37.9 Å². The molecule has 6 heteroatoms. The second-order valence-electron chi connectivity index (χ2n) is 4.90. The molecule has 0 atom stereocenters. The first kappa shape index (κ1) is 14.6. The van der Waals surface area contributed by atoms with Crippen molar-refractivity contribution in [1.82, 2.24) is 9.97 Å². The number of hydrogen-bond acceptors (Lipinski definition) is 5. The van der Waals surface area contributed by atoms with Gasteiger partial charge in [-0.15, -0.1) is 0 Å². The van der Waals surface area contributed by atoms with Crippen LogP contribution in [0.5, 0.6) is 0 Å². The van der Waals surface area contributed by atoms with Crippen LogP contribution in [-0.2, 0) is 4.74 Å². The molecule has 0 aliphatic rings. The van der Waals surface area contributed by atoms with Gasteiger partial charge in [0.2, 0.25) is 5.95 Å². The molecule has 0 bridgehead atoms. The minimum atomic E-state index is -0.448. The van der Waals surface area contributed by atoms with Gasteiger partial charge in [0, 0.05) is 27.3 Å². The van der Waals surface area contributed by atoms with E-state index in [1.165, 1.54) is 0 Å². The van der Waals surface area contributed by atoms with Gasteiger partial charge in [0.15, 0.2) is 11.6 Å². The Balaban J connectivity index is 2.62. The molecule has 1 aromatic heterocycles. The van der Waals surface area contributed by atoms with Crippen LogP contribution in [0.15, 0.2) is 6.20 Å². The highest BCUT2D eigenvalue weighted by molar-refractivity contribution is 5.40. The minimum absolute atomic E-state index is 0.00715. The summed E-state index contributed by atoms with van der Waals surface area (Å²) in [6, 6.07) is 0. The van der Waals surface area contributed by atoms with Gasteiger partial charge in [0.1, 0.15) is 0 Å². The van der Waals surface area contributed by atoms with Crippen molar-refractivity contribution in [1.29, 1.82) is 0 Å². The lowest BCUT2D eigenvalue weighted by atomic mass is 9.90. The number of halogens is 1. The summed E-state index contributed by atoms with van der Waals surface area (Å²) < 4.78 is 18.5. The molecule has 0 aliphatic carbocycles. The van der Waals surface area contributed by atoms with Crippen molar-refractivity contribution in [2.45, 2.75) is 20.3 Å². The topological polar surface area (TPSA) is 59.1 Å². The molecule has 1 aromatic rings. The van der Waals surface area contributed by atoms with Gasteiger partial charge in [-0.05, 0) is 11.8 Å². The van der Waals surface area contributed by atoms with E-state index in [0.717, 1.165) is 12.6 Å². The Hall–Kier alpha value is -1.43. The number of anilines is 2. The molecule has 0 aromatic carbocycles. The number of rotatable bonds is 7. The van der Waals surface area contributed by atoms with Crippen molar-refractivity contribution in [3.05, 3.63) is 12.0 Å². The van der Waals surface area contributed by atoms with Crippen molar-refractivity contribution < 1.29 is 9.13 Å². The smallest absolute Gasteiger partial charge is 0.224 e. The van der Waals surface area contributed by atoms with Crippen LogP contribution in [0.1, 0.15) is 20.3 Å². The molecular weight excluding hydrogens is 235 g/mol. The molecule has 0 radical (unpaired) electrons. The van der Waals surface area contributed by atoms with E-state index >= 15 is 0 Å². The van der Waals surface area contributed by atoms with E-state index < -0.39 is 5.82 Å². The molecule has 2 N–H and O–H groups in total. The number of methoxy groups -OCH3 is 1. The number of nitrogens with zero attached hydrogens (tertiary/aromatic N) is 2. The molecular formula is C12H21FN4O. The van der Waals surface area contributed by atoms with Gasteiger partial charge in [-0.3, -0.25) is 0 Å². The first-order chi connectivity index (χ1) is 8.48. The lowest BCUT2D eigenvalue weighted by Gasteiger charge is -2.24. The minimum Gasteiger partial charge on any atom is -0.385 e. The quantitative estimate of drug-likeness (QED) is 0.782. The Morgan fingerprint density at radius 2 is 2.17 bits per heavy atom. The van der Waals surface area contributed by atoms with Gasteiger partial charge in [0.05, 0.1) is 6.20 Å². The van der Waals surface area contributed by atoms with Crippen molar-refractivity contribution in [2.24, 2.45) is 5.41 Å². The first-order valence-electron chi connectivity index (χ1n) is 5.91. The van der Waals surface area contributed by atoms with Crippen LogP contribution in [0, 0.1) is 11.2 Å². The Bertz CT molecular complexity index is 384. The maximum atomic E-state index is 13.5. The maximum Gasteiger partial charge on any atom is 0.224 e. The summed E-state index contributed by atoms with van der Waals surface area (Å²) in [5.74, 6) is 0.171. The summed E-state index contributed by atoms with van der Waals surface area (Å²) in [4.78, 5) is 7.83. The second kappa shape index (κ2) is 6.49. The number of ether oxygens (including phenoxy) is 1.